The van der Waals surface area contributed by atoms with Gasteiger partial charge in [0.2, 0.25) is 0 Å². The SMILES string of the molecule is Fc1ccc(N2CCN(Cc3cc(F)ccc3F)CC2)cc1.O=C(O)C(=O)O. The first-order chi connectivity index (χ1) is 13.3. The zero-order chi connectivity index (χ0) is 20.7. The average Bonchev–Trinajstić information content (AvgIpc) is 2.66. The van der Waals surface area contributed by atoms with Crippen molar-refractivity contribution >= 4 is 17.6 Å². The summed E-state index contributed by atoms with van der Waals surface area (Å²) in [5.74, 6) is -4.68. The lowest BCUT2D eigenvalue weighted by Gasteiger charge is -2.36. The van der Waals surface area contributed by atoms with Gasteiger partial charge in [0.25, 0.3) is 0 Å². The first-order valence-electron chi connectivity index (χ1n) is 8.39. The maximum Gasteiger partial charge on any atom is 0.414 e. The van der Waals surface area contributed by atoms with Crippen molar-refractivity contribution in [1.29, 1.82) is 0 Å². The molecule has 1 saturated heterocycles. The number of hydrogen-bond donors (Lipinski definition) is 2. The molecule has 0 aromatic heterocycles. The maximum absolute atomic E-state index is 13.7. The van der Waals surface area contributed by atoms with Gasteiger partial charge in [0.1, 0.15) is 17.5 Å². The number of piperazine rings is 1. The number of rotatable bonds is 3. The minimum atomic E-state index is -1.82. The summed E-state index contributed by atoms with van der Waals surface area (Å²) in [6, 6.07) is 9.97. The normalized spacial score (nSPS) is 14.2. The van der Waals surface area contributed by atoms with Crippen LogP contribution < -0.4 is 4.90 Å². The van der Waals surface area contributed by atoms with Gasteiger partial charge in [-0.25, -0.2) is 22.8 Å². The molecule has 1 fully saturated rings. The number of halogens is 3. The molecule has 9 heteroatoms. The Balaban J connectivity index is 0.000000409. The van der Waals surface area contributed by atoms with Gasteiger partial charge in [0.05, 0.1) is 0 Å². The lowest BCUT2D eigenvalue weighted by Crippen LogP contribution is -2.46. The largest absolute Gasteiger partial charge is 0.473 e. The van der Waals surface area contributed by atoms with Gasteiger partial charge in [-0.3, -0.25) is 4.90 Å². The van der Waals surface area contributed by atoms with Crippen LogP contribution in [-0.4, -0.2) is 53.2 Å². The first-order valence-corrected chi connectivity index (χ1v) is 8.39. The number of carboxylic acid groups (broad SMARTS) is 2. The maximum atomic E-state index is 13.7. The Hall–Kier alpha value is -3.07. The molecular formula is C19H19F3N2O4. The van der Waals surface area contributed by atoms with E-state index in [0.717, 1.165) is 37.9 Å². The quantitative estimate of drug-likeness (QED) is 0.777. The predicted molar refractivity (Wildman–Crippen MR) is 95.5 cm³/mol. The Morgan fingerprint density at radius 3 is 1.89 bits per heavy atom. The molecule has 1 aliphatic rings. The second-order valence-corrected chi connectivity index (χ2v) is 6.09. The third kappa shape index (κ3) is 6.27. The molecule has 0 bridgehead atoms. The van der Waals surface area contributed by atoms with Crippen molar-refractivity contribution in [3.8, 4) is 0 Å². The second kappa shape index (κ2) is 9.75. The van der Waals surface area contributed by atoms with Crippen LogP contribution in [0.3, 0.4) is 0 Å². The van der Waals surface area contributed by atoms with Crippen LogP contribution in [-0.2, 0) is 16.1 Å². The number of carboxylic acids is 2. The summed E-state index contributed by atoms with van der Waals surface area (Å²) < 4.78 is 39.8. The van der Waals surface area contributed by atoms with Crippen molar-refractivity contribution in [2.24, 2.45) is 0 Å². The van der Waals surface area contributed by atoms with Crippen molar-refractivity contribution in [2.45, 2.75) is 6.54 Å². The van der Waals surface area contributed by atoms with Crippen LogP contribution in [0.15, 0.2) is 42.5 Å². The smallest absolute Gasteiger partial charge is 0.414 e. The Kier molecular flexibility index (Phi) is 7.39. The zero-order valence-electron chi connectivity index (χ0n) is 14.8. The summed E-state index contributed by atoms with van der Waals surface area (Å²) in [6.07, 6.45) is 0. The van der Waals surface area contributed by atoms with Crippen molar-refractivity contribution < 1.29 is 33.0 Å². The van der Waals surface area contributed by atoms with Crippen LogP contribution in [0.4, 0.5) is 18.9 Å². The van der Waals surface area contributed by atoms with E-state index in [-0.39, 0.29) is 11.6 Å². The van der Waals surface area contributed by atoms with Crippen LogP contribution in [0.5, 0.6) is 0 Å². The van der Waals surface area contributed by atoms with Crippen molar-refractivity contribution in [3.63, 3.8) is 0 Å². The van der Waals surface area contributed by atoms with Gasteiger partial charge in [-0.05, 0) is 42.5 Å². The van der Waals surface area contributed by atoms with E-state index in [0.29, 0.717) is 12.1 Å². The summed E-state index contributed by atoms with van der Waals surface area (Å²) in [4.78, 5) is 22.5. The fraction of sp³-hybridized carbons (Fsp3) is 0.263. The van der Waals surface area contributed by atoms with Crippen LogP contribution in [0.2, 0.25) is 0 Å². The van der Waals surface area contributed by atoms with Crippen molar-refractivity contribution in [1.82, 2.24) is 4.90 Å². The minimum Gasteiger partial charge on any atom is -0.473 e. The lowest BCUT2D eigenvalue weighted by molar-refractivity contribution is -0.159. The van der Waals surface area contributed by atoms with Gasteiger partial charge in [0, 0.05) is 44.0 Å². The molecule has 2 N–H and O–H groups in total. The number of aliphatic carboxylic acids is 2. The third-order valence-electron chi connectivity index (χ3n) is 4.15. The number of hydrogen-bond acceptors (Lipinski definition) is 4. The second-order valence-electron chi connectivity index (χ2n) is 6.09. The highest BCUT2D eigenvalue weighted by Crippen LogP contribution is 2.19. The van der Waals surface area contributed by atoms with Gasteiger partial charge in [-0.15, -0.1) is 0 Å². The van der Waals surface area contributed by atoms with E-state index in [1.165, 1.54) is 24.3 Å². The Morgan fingerprint density at radius 2 is 1.36 bits per heavy atom. The van der Waals surface area contributed by atoms with Crippen LogP contribution in [0.25, 0.3) is 0 Å². The number of nitrogens with zero attached hydrogens (tertiary/aromatic N) is 2. The highest BCUT2D eigenvalue weighted by atomic mass is 19.1. The monoisotopic (exact) mass is 396 g/mol. The Bertz CT molecular complexity index is 810. The molecule has 0 amide bonds. The first kappa shape index (κ1) is 21.2. The molecular weight excluding hydrogens is 377 g/mol. The molecule has 2 aromatic carbocycles. The van der Waals surface area contributed by atoms with Gasteiger partial charge in [-0.2, -0.15) is 0 Å². The van der Waals surface area contributed by atoms with Gasteiger partial charge >= 0.3 is 11.9 Å². The average molecular weight is 396 g/mol. The van der Waals surface area contributed by atoms with Crippen molar-refractivity contribution in [3.05, 3.63) is 65.5 Å². The van der Waals surface area contributed by atoms with E-state index in [9.17, 15) is 13.2 Å². The minimum absolute atomic E-state index is 0.246. The highest BCUT2D eigenvalue weighted by Gasteiger charge is 2.18. The molecule has 3 rings (SSSR count). The van der Waals surface area contributed by atoms with E-state index in [2.05, 4.69) is 9.80 Å². The van der Waals surface area contributed by atoms with E-state index >= 15 is 0 Å². The molecule has 150 valence electrons. The summed E-state index contributed by atoms with van der Waals surface area (Å²) in [5, 5.41) is 14.8. The summed E-state index contributed by atoms with van der Waals surface area (Å²) >= 11 is 0. The van der Waals surface area contributed by atoms with Crippen LogP contribution in [0.1, 0.15) is 5.56 Å². The lowest BCUT2D eigenvalue weighted by atomic mass is 10.1. The molecule has 0 aliphatic carbocycles. The van der Waals surface area contributed by atoms with E-state index in [4.69, 9.17) is 19.8 Å². The molecule has 2 aromatic rings. The fourth-order valence-corrected chi connectivity index (χ4v) is 2.72. The van der Waals surface area contributed by atoms with E-state index in [1.54, 1.807) is 12.1 Å². The van der Waals surface area contributed by atoms with Gasteiger partial charge < -0.3 is 15.1 Å². The summed E-state index contributed by atoms with van der Waals surface area (Å²) in [7, 11) is 0. The summed E-state index contributed by atoms with van der Waals surface area (Å²) in [5.41, 5.74) is 1.37. The topological polar surface area (TPSA) is 81.1 Å². The predicted octanol–water partition coefficient (Wildman–Crippen LogP) is 2.58. The zero-order valence-corrected chi connectivity index (χ0v) is 14.8. The Labute approximate surface area is 159 Å². The molecule has 1 aliphatic heterocycles. The Morgan fingerprint density at radius 1 is 0.821 bits per heavy atom. The van der Waals surface area contributed by atoms with E-state index in [1.807, 2.05) is 0 Å². The molecule has 0 saturated carbocycles. The van der Waals surface area contributed by atoms with Crippen LogP contribution >= 0.6 is 0 Å². The van der Waals surface area contributed by atoms with Gasteiger partial charge in [-0.1, -0.05) is 0 Å². The highest BCUT2D eigenvalue weighted by molar-refractivity contribution is 6.27. The molecule has 0 atom stereocenters. The van der Waals surface area contributed by atoms with Crippen LogP contribution in [0, 0.1) is 17.5 Å². The molecule has 0 unspecified atom stereocenters. The molecule has 28 heavy (non-hydrogen) atoms. The third-order valence-corrected chi connectivity index (χ3v) is 4.15. The standard InChI is InChI=1S/C17H17F3N2.C2H2O4/c18-14-1-4-16(5-2-14)22-9-7-21(8-10-22)12-13-11-15(19)3-6-17(13)20;3-1(4)2(5)6/h1-6,11H,7-10,12H2;(H,3,4)(H,5,6). The number of benzene rings is 2. The van der Waals surface area contributed by atoms with E-state index < -0.39 is 17.8 Å². The molecule has 0 spiro atoms. The number of carbonyl (C=O) groups is 2. The molecule has 0 radical (unpaired) electrons. The molecule has 6 nitrogen and oxygen atoms in total. The van der Waals surface area contributed by atoms with Crippen molar-refractivity contribution in [2.75, 3.05) is 31.1 Å². The fourth-order valence-electron chi connectivity index (χ4n) is 2.72. The summed E-state index contributed by atoms with van der Waals surface area (Å²) in [6.45, 7) is 3.48. The van der Waals surface area contributed by atoms with Gasteiger partial charge in [0.15, 0.2) is 0 Å². The number of anilines is 1. The molecule has 1 heterocycles.